The fourth-order valence-corrected chi connectivity index (χ4v) is 5.38. The molecule has 210 valence electrons. The van der Waals surface area contributed by atoms with Gasteiger partial charge in [-0.05, 0) is 47.7 Å². The van der Waals surface area contributed by atoms with Crippen molar-refractivity contribution in [3.05, 3.63) is 87.3 Å². The van der Waals surface area contributed by atoms with E-state index in [0.717, 1.165) is 27.9 Å². The molecule has 1 fully saturated rings. The average molecular weight is 573 g/mol. The zero-order valence-corrected chi connectivity index (χ0v) is 24.0. The monoisotopic (exact) mass is 572 g/mol. The van der Waals surface area contributed by atoms with Crippen molar-refractivity contribution in [1.29, 1.82) is 0 Å². The van der Waals surface area contributed by atoms with E-state index in [1.54, 1.807) is 42.5 Å². The summed E-state index contributed by atoms with van der Waals surface area (Å²) in [6.07, 6.45) is 1.68. The van der Waals surface area contributed by atoms with Gasteiger partial charge in [-0.1, -0.05) is 24.3 Å². The predicted molar refractivity (Wildman–Crippen MR) is 159 cm³/mol. The molecule has 1 aromatic heterocycles. The van der Waals surface area contributed by atoms with Crippen LogP contribution in [0.2, 0.25) is 0 Å². The highest BCUT2D eigenvalue weighted by Crippen LogP contribution is 2.40. The van der Waals surface area contributed by atoms with Crippen LogP contribution < -0.4 is 24.7 Å². The number of amides is 2. The molecular weight excluding hydrogens is 544 g/mol. The Hall–Kier alpha value is -4.77. The number of hydrogen-bond acceptors (Lipinski definition) is 9. The van der Waals surface area contributed by atoms with E-state index in [2.05, 4.69) is 0 Å². The minimum atomic E-state index is -0.462. The summed E-state index contributed by atoms with van der Waals surface area (Å²) in [6, 6.07) is 17.8. The number of aromatic nitrogens is 2. The summed E-state index contributed by atoms with van der Waals surface area (Å²) in [6.45, 7) is -0.224. The van der Waals surface area contributed by atoms with Crippen LogP contribution in [0.1, 0.15) is 11.4 Å². The molecule has 0 radical (unpaired) electrons. The van der Waals surface area contributed by atoms with E-state index in [4.69, 9.17) is 19.2 Å². The molecule has 4 aromatic rings. The van der Waals surface area contributed by atoms with E-state index in [9.17, 15) is 14.4 Å². The summed E-state index contributed by atoms with van der Waals surface area (Å²) in [4.78, 5) is 48.4. The van der Waals surface area contributed by atoms with Crippen LogP contribution in [0.15, 0.2) is 70.4 Å². The number of thioether (sulfide) groups is 1. The molecule has 0 spiro atoms. The van der Waals surface area contributed by atoms with Crippen molar-refractivity contribution in [3.63, 3.8) is 0 Å². The Labute approximate surface area is 240 Å². The predicted octanol–water partition coefficient (Wildman–Crippen LogP) is 4.71. The van der Waals surface area contributed by atoms with Crippen LogP contribution in [-0.4, -0.2) is 61.0 Å². The first kappa shape index (κ1) is 27.8. The van der Waals surface area contributed by atoms with E-state index in [0.29, 0.717) is 33.8 Å². The second-order valence-corrected chi connectivity index (χ2v) is 10.3. The number of ether oxygens (including phenoxy) is 3. The number of para-hydroxylation sites is 1. The number of benzene rings is 3. The van der Waals surface area contributed by atoms with Crippen LogP contribution in [0.4, 0.5) is 10.5 Å². The first-order valence-electron chi connectivity index (χ1n) is 12.6. The maximum absolute atomic E-state index is 13.8. The quantitative estimate of drug-likeness (QED) is 0.278. The van der Waals surface area contributed by atoms with Crippen LogP contribution in [0.5, 0.6) is 17.2 Å². The SMILES string of the molecule is COc1cc(-n2c(CN3C(=O)S/C(=C/c4ccc(N(C)C)cc4)C3=O)nc3ccccc3c2=O)cc(OC)c1OC. The van der Waals surface area contributed by atoms with Gasteiger partial charge in [-0.25, -0.2) is 4.98 Å². The highest BCUT2D eigenvalue weighted by atomic mass is 32.2. The molecule has 11 heteroatoms. The number of nitrogens with zero attached hydrogens (tertiary/aromatic N) is 4. The highest BCUT2D eigenvalue weighted by Gasteiger charge is 2.36. The van der Waals surface area contributed by atoms with Gasteiger partial charge in [0, 0.05) is 31.9 Å². The van der Waals surface area contributed by atoms with Crippen LogP contribution in [0.25, 0.3) is 22.7 Å². The zero-order chi connectivity index (χ0) is 29.3. The Balaban J connectivity index is 1.59. The van der Waals surface area contributed by atoms with E-state index in [1.165, 1.54) is 25.9 Å². The van der Waals surface area contributed by atoms with E-state index < -0.39 is 11.1 Å². The van der Waals surface area contributed by atoms with Gasteiger partial charge in [-0.2, -0.15) is 0 Å². The lowest BCUT2D eigenvalue weighted by Gasteiger charge is -2.19. The minimum absolute atomic E-state index is 0.196. The summed E-state index contributed by atoms with van der Waals surface area (Å²) in [5, 5.41) is -0.0785. The Morgan fingerprint density at radius 2 is 1.56 bits per heavy atom. The molecule has 0 unspecified atom stereocenters. The summed E-state index contributed by atoms with van der Waals surface area (Å²) in [5.41, 5.74) is 2.26. The van der Waals surface area contributed by atoms with Crippen molar-refractivity contribution in [3.8, 4) is 22.9 Å². The normalized spacial score (nSPS) is 14.2. The first-order chi connectivity index (χ1) is 19.7. The molecule has 0 bridgehead atoms. The van der Waals surface area contributed by atoms with Crippen molar-refractivity contribution in [1.82, 2.24) is 14.5 Å². The van der Waals surface area contributed by atoms with Crippen molar-refractivity contribution in [2.45, 2.75) is 6.54 Å². The molecule has 1 saturated heterocycles. The third kappa shape index (κ3) is 5.23. The molecule has 2 heterocycles. The number of rotatable bonds is 8. The molecule has 1 aliphatic heterocycles. The topological polar surface area (TPSA) is 103 Å². The van der Waals surface area contributed by atoms with Gasteiger partial charge >= 0.3 is 0 Å². The number of fused-ring (bicyclic) bond motifs is 1. The lowest BCUT2D eigenvalue weighted by atomic mass is 10.2. The van der Waals surface area contributed by atoms with Crippen molar-refractivity contribution < 1.29 is 23.8 Å². The van der Waals surface area contributed by atoms with Crippen molar-refractivity contribution >= 4 is 45.6 Å². The molecule has 41 heavy (non-hydrogen) atoms. The molecule has 0 saturated carbocycles. The largest absolute Gasteiger partial charge is 0.493 e. The third-order valence-corrected chi connectivity index (χ3v) is 7.54. The van der Waals surface area contributed by atoms with E-state index >= 15 is 0 Å². The van der Waals surface area contributed by atoms with E-state index in [-0.39, 0.29) is 22.8 Å². The Kier molecular flexibility index (Phi) is 7.71. The summed E-state index contributed by atoms with van der Waals surface area (Å²) < 4.78 is 17.8. The van der Waals surface area contributed by atoms with Gasteiger partial charge in [-0.3, -0.25) is 23.9 Å². The van der Waals surface area contributed by atoms with Crippen molar-refractivity contribution in [2.75, 3.05) is 40.3 Å². The zero-order valence-electron chi connectivity index (χ0n) is 23.2. The molecule has 5 rings (SSSR count). The Morgan fingerprint density at radius 3 is 2.17 bits per heavy atom. The fourth-order valence-electron chi connectivity index (χ4n) is 4.55. The molecule has 2 amide bonds. The Bertz CT molecular complexity index is 1720. The number of carbonyl (C=O) groups excluding carboxylic acids is 2. The number of hydrogen-bond donors (Lipinski definition) is 0. The van der Waals surface area contributed by atoms with Gasteiger partial charge in [-0.15, -0.1) is 0 Å². The highest BCUT2D eigenvalue weighted by molar-refractivity contribution is 8.18. The lowest BCUT2D eigenvalue weighted by Crippen LogP contribution is -2.33. The first-order valence-corrected chi connectivity index (χ1v) is 13.4. The molecule has 0 aliphatic carbocycles. The molecule has 3 aromatic carbocycles. The van der Waals surface area contributed by atoms with Gasteiger partial charge in [0.1, 0.15) is 5.82 Å². The smallest absolute Gasteiger partial charge is 0.293 e. The van der Waals surface area contributed by atoms with Crippen LogP contribution in [-0.2, 0) is 11.3 Å². The molecule has 0 N–H and O–H groups in total. The third-order valence-electron chi connectivity index (χ3n) is 6.63. The summed E-state index contributed by atoms with van der Waals surface area (Å²) >= 11 is 0.849. The maximum Gasteiger partial charge on any atom is 0.293 e. The number of anilines is 1. The van der Waals surface area contributed by atoms with Gasteiger partial charge in [0.2, 0.25) is 5.75 Å². The second kappa shape index (κ2) is 11.4. The van der Waals surface area contributed by atoms with Crippen LogP contribution >= 0.6 is 11.8 Å². The summed E-state index contributed by atoms with van der Waals surface area (Å²) in [5.74, 6) is 0.763. The Morgan fingerprint density at radius 1 is 0.902 bits per heavy atom. The maximum atomic E-state index is 13.8. The number of methoxy groups -OCH3 is 3. The minimum Gasteiger partial charge on any atom is -0.493 e. The van der Waals surface area contributed by atoms with Crippen molar-refractivity contribution in [2.24, 2.45) is 0 Å². The van der Waals surface area contributed by atoms with Gasteiger partial charge in [0.25, 0.3) is 16.7 Å². The van der Waals surface area contributed by atoms with E-state index in [1.807, 2.05) is 43.3 Å². The van der Waals surface area contributed by atoms with Gasteiger partial charge in [0.05, 0.1) is 49.4 Å². The van der Waals surface area contributed by atoms with Gasteiger partial charge < -0.3 is 19.1 Å². The second-order valence-electron chi connectivity index (χ2n) is 9.32. The molecule has 10 nitrogen and oxygen atoms in total. The van der Waals surface area contributed by atoms with Crippen LogP contribution in [0.3, 0.4) is 0 Å². The molecular formula is C30H28N4O6S. The average Bonchev–Trinajstić information content (AvgIpc) is 3.24. The van der Waals surface area contributed by atoms with Gasteiger partial charge in [0.15, 0.2) is 11.5 Å². The molecule has 0 atom stereocenters. The molecule has 1 aliphatic rings. The lowest BCUT2D eigenvalue weighted by molar-refractivity contribution is -0.123. The standard InChI is InChI=1S/C30H28N4O6S/c1-32(2)19-12-10-18(11-13-19)14-25-29(36)33(30(37)41-25)17-26-31-22-9-7-6-8-21(22)28(35)34(26)20-15-23(38-3)27(40-5)24(16-20)39-4/h6-16H,17H2,1-5H3/b25-14+. The van der Waals surface area contributed by atoms with Crippen LogP contribution in [0, 0.1) is 0 Å². The fraction of sp³-hybridized carbons (Fsp3) is 0.200. The summed E-state index contributed by atoms with van der Waals surface area (Å²) in [7, 11) is 8.32. The number of carbonyl (C=O) groups is 2. The number of imide groups is 1.